The standard InChI is InChI=1S/C17H31N3O6/c1-5-25-11-7-9-19(12-14(21)18-24)16(23)20-10-6-8-13(20)15(22)26-17(2,3)4/h13,24H,5-12H2,1-4H3,(H,18,21)/t13-/m0/s1. The smallest absolute Gasteiger partial charge is 0.329 e. The van der Waals surface area contributed by atoms with E-state index in [1.807, 2.05) is 6.92 Å². The highest BCUT2D eigenvalue weighted by Crippen LogP contribution is 2.22. The molecule has 1 saturated heterocycles. The fourth-order valence-electron chi connectivity index (χ4n) is 2.74. The van der Waals surface area contributed by atoms with Crippen molar-refractivity contribution in [3.05, 3.63) is 0 Å². The van der Waals surface area contributed by atoms with Gasteiger partial charge in [0.05, 0.1) is 0 Å². The van der Waals surface area contributed by atoms with Crippen molar-refractivity contribution in [2.24, 2.45) is 0 Å². The minimum Gasteiger partial charge on any atom is -0.458 e. The molecule has 0 bridgehead atoms. The molecule has 150 valence electrons. The number of carbonyl (C=O) groups is 3. The van der Waals surface area contributed by atoms with Crippen LogP contribution in [0.3, 0.4) is 0 Å². The van der Waals surface area contributed by atoms with Gasteiger partial charge >= 0.3 is 12.0 Å². The number of amides is 3. The molecule has 9 nitrogen and oxygen atoms in total. The number of hydrogen-bond donors (Lipinski definition) is 2. The summed E-state index contributed by atoms with van der Waals surface area (Å²) in [5.41, 5.74) is 0.897. The first kappa shape index (κ1) is 22.2. The Morgan fingerprint density at radius 3 is 2.58 bits per heavy atom. The van der Waals surface area contributed by atoms with E-state index in [1.54, 1.807) is 20.8 Å². The number of hydroxylamine groups is 1. The lowest BCUT2D eigenvalue weighted by Gasteiger charge is -2.32. The van der Waals surface area contributed by atoms with Gasteiger partial charge in [-0.3, -0.25) is 10.0 Å². The van der Waals surface area contributed by atoms with Crippen molar-refractivity contribution in [3.8, 4) is 0 Å². The average molecular weight is 373 g/mol. The number of likely N-dealkylation sites (tertiary alicyclic amines) is 1. The second-order valence-corrected chi connectivity index (χ2v) is 7.17. The fraction of sp³-hybridized carbons (Fsp3) is 0.824. The number of nitrogens with zero attached hydrogens (tertiary/aromatic N) is 2. The number of nitrogens with one attached hydrogen (secondary N) is 1. The monoisotopic (exact) mass is 373 g/mol. The van der Waals surface area contributed by atoms with Gasteiger partial charge in [-0.15, -0.1) is 0 Å². The second kappa shape index (κ2) is 10.3. The number of esters is 1. The molecule has 2 N–H and O–H groups in total. The van der Waals surface area contributed by atoms with Crippen LogP contribution in [0.25, 0.3) is 0 Å². The molecule has 0 radical (unpaired) electrons. The van der Waals surface area contributed by atoms with E-state index in [-0.39, 0.29) is 13.1 Å². The van der Waals surface area contributed by atoms with Gasteiger partial charge in [0.25, 0.3) is 5.91 Å². The van der Waals surface area contributed by atoms with Gasteiger partial charge in [-0.2, -0.15) is 0 Å². The van der Waals surface area contributed by atoms with Gasteiger partial charge in [0.2, 0.25) is 0 Å². The average Bonchev–Trinajstić information content (AvgIpc) is 3.05. The van der Waals surface area contributed by atoms with Crippen molar-refractivity contribution in [2.45, 2.75) is 58.6 Å². The van der Waals surface area contributed by atoms with E-state index in [0.717, 1.165) is 0 Å². The lowest BCUT2D eigenvalue weighted by atomic mass is 10.1. The molecule has 26 heavy (non-hydrogen) atoms. The van der Waals surface area contributed by atoms with Crippen LogP contribution in [0.5, 0.6) is 0 Å². The van der Waals surface area contributed by atoms with E-state index in [9.17, 15) is 14.4 Å². The van der Waals surface area contributed by atoms with Crippen molar-refractivity contribution >= 4 is 17.9 Å². The zero-order chi connectivity index (χ0) is 19.7. The van der Waals surface area contributed by atoms with Crippen LogP contribution >= 0.6 is 0 Å². The molecule has 1 heterocycles. The maximum atomic E-state index is 12.9. The van der Waals surface area contributed by atoms with E-state index >= 15 is 0 Å². The van der Waals surface area contributed by atoms with Crippen molar-refractivity contribution in [2.75, 3.05) is 32.8 Å². The molecular weight excluding hydrogens is 342 g/mol. The quantitative estimate of drug-likeness (QED) is 0.286. The van der Waals surface area contributed by atoms with Gasteiger partial charge in [0, 0.05) is 26.3 Å². The van der Waals surface area contributed by atoms with Crippen molar-refractivity contribution < 1.29 is 29.1 Å². The predicted octanol–water partition coefficient (Wildman–Crippen LogP) is 1.15. The lowest BCUT2D eigenvalue weighted by molar-refractivity contribution is -0.159. The molecule has 0 aromatic heterocycles. The van der Waals surface area contributed by atoms with E-state index in [2.05, 4.69) is 0 Å². The molecule has 1 aliphatic rings. The molecule has 9 heteroatoms. The second-order valence-electron chi connectivity index (χ2n) is 7.17. The Balaban J connectivity index is 2.79. The highest BCUT2D eigenvalue weighted by molar-refractivity contribution is 5.87. The Hall–Kier alpha value is -1.87. The summed E-state index contributed by atoms with van der Waals surface area (Å²) in [7, 11) is 0. The Labute approximate surface area is 154 Å². The first-order valence-corrected chi connectivity index (χ1v) is 8.98. The third kappa shape index (κ3) is 7.17. The molecule has 3 amide bonds. The number of carbonyl (C=O) groups excluding carboxylic acids is 3. The fourth-order valence-corrected chi connectivity index (χ4v) is 2.74. The highest BCUT2D eigenvalue weighted by Gasteiger charge is 2.38. The summed E-state index contributed by atoms with van der Waals surface area (Å²) in [6, 6.07) is -1.08. The van der Waals surface area contributed by atoms with E-state index in [4.69, 9.17) is 14.7 Å². The lowest BCUT2D eigenvalue weighted by Crippen LogP contribution is -2.51. The first-order valence-electron chi connectivity index (χ1n) is 8.98. The van der Waals surface area contributed by atoms with E-state index in [1.165, 1.54) is 15.3 Å². The maximum Gasteiger partial charge on any atom is 0.329 e. The van der Waals surface area contributed by atoms with Gasteiger partial charge in [0.1, 0.15) is 18.2 Å². The van der Waals surface area contributed by atoms with Crippen LogP contribution < -0.4 is 5.48 Å². The molecular formula is C17H31N3O6. The van der Waals surface area contributed by atoms with Crippen LogP contribution in [0, 0.1) is 0 Å². The van der Waals surface area contributed by atoms with Gasteiger partial charge < -0.3 is 19.3 Å². The Morgan fingerprint density at radius 2 is 2.00 bits per heavy atom. The Bertz CT molecular complexity index is 491. The number of ether oxygens (including phenoxy) is 2. The van der Waals surface area contributed by atoms with E-state index in [0.29, 0.717) is 39.0 Å². The van der Waals surface area contributed by atoms with Crippen LogP contribution in [-0.2, 0) is 19.1 Å². The third-order valence-electron chi connectivity index (χ3n) is 3.83. The molecule has 0 unspecified atom stereocenters. The van der Waals surface area contributed by atoms with E-state index < -0.39 is 29.6 Å². The summed E-state index contributed by atoms with van der Waals surface area (Å²) in [4.78, 5) is 39.6. The maximum absolute atomic E-state index is 12.9. The minimum atomic E-state index is -0.692. The van der Waals surface area contributed by atoms with Gasteiger partial charge in [0.15, 0.2) is 0 Å². The van der Waals surface area contributed by atoms with Gasteiger partial charge in [-0.25, -0.2) is 15.1 Å². The van der Waals surface area contributed by atoms with Crippen LogP contribution in [0.15, 0.2) is 0 Å². The Morgan fingerprint density at radius 1 is 1.31 bits per heavy atom. The molecule has 0 saturated carbocycles. The summed E-state index contributed by atoms with van der Waals surface area (Å²) < 4.78 is 10.7. The Kier molecular flexibility index (Phi) is 8.80. The van der Waals surface area contributed by atoms with Crippen LogP contribution in [0.1, 0.15) is 47.0 Å². The largest absolute Gasteiger partial charge is 0.458 e. The van der Waals surface area contributed by atoms with Crippen LogP contribution in [0.4, 0.5) is 4.79 Å². The normalized spacial score (nSPS) is 17.1. The predicted molar refractivity (Wildman–Crippen MR) is 93.6 cm³/mol. The number of hydrogen-bond acceptors (Lipinski definition) is 6. The minimum absolute atomic E-state index is 0.282. The summed E-state index contributed by atoms with van der Waals surface area (Å²) >= 11 is 0. The van der Waals surface area contributed by atoms with Crippen molar-refractivity contribution in [3.63, 3.8) is 0 Å². The molecule has 0 spiro atoms. The number of rotatable bonds is 8. The third-order valence-corrected chi connectivity index (χ3v) is 3.83. The van der Waals surface area contributed by atoms with Gasteiger partial charge in [-0.1, -0.05) is 0 Å². The molecule has 0 aromatic carbocycles. The summed E-state index contributed by atoms with van der Waals surface area (Å²) in [6.45, 7) is 8.63. The zero-order valence-electron chi connectivity index (χ0n) is 16.1. The van der Waals surface area contributed by atoms with Gasteiger partial charge in [-0.05, 0) is 47.0 Å². The molecule has 1 aliphatic heterocycles. The van der Waals surface area contributed by atoms with Crippen molar-refractivity contribution in [1.29, 1.82) is 0 Å². The number of urea groups is 1. The zero-order valence-corrected chi connectivity index (χ0v) is 16.1. The van der Waals surface area contributed by atoms with Crippen molar-refractivity contribution in [1.82, 2.24) is 15.3 Å². The molecule has 1 rings (SSSR count). The highest BCUT2D eigenvalue weighted by atomic mass is 16.6. The summed E-state index contributed by atoms with van der Waals surface area (Å²) in [6.07, 6.45) is 1.76. The molecule has 1 atom stereocenters. The molecule has 0 aliphatic carbocycles. The SMILES string of the molecule is CCOCCCN(CC(=O)NO)C(=O)N1CCC[C@H]1C(=O)OC(C)(C)C. The molecule has 0 aromatic rings. The van der Waals surface area contributed by atoms with Crippen LogP contribution in [-0.4, -0.2) is 77.4 Å². The first-order chi connectivity index (χ1) is 12.2. The molecule has 1 fully saturated rings. The topological polar surface area (TPSA) is 108 Å². The van der Waals surface area contributed by atoms with Crippen LogP contribution in [0.2, 0.25) is 0 Å². The summed E-state index contributed by atoms with van der Waals surface area (Å²) in [5, 5.41) is 8.76. The summed E-state index contributed by atoms with van der Waals surface area (Å²) in [5.74, 6) is -1.13.